The van der Waals surface area contributed by atoms with E-state index >= 15 is 4.39 Å². The van der Waals surface area contributed by atoms with Crippen LogP contribution in [0.5, 0.6) is 5.75 Å². The Morgan fingerprint density at radius 3 is 2.74 bits per heavy atom. The number of nitrogens with zero attached hydrogens (tertiary/aromatic N) is 4. The summed E-state index contributed by atoms with van der Waals surface area (Å²) in [5.41, 5.74) is 6.19. The highest BCUT2D eigenvalue weighted by Crippen LogP contribution is 2.49. The molecule has 16 heteroatoms. The smallest absolute Gasteiger partial charge is 0.323 e. The molecule has 1 fully saturated rings. The van der Waals surface area contributed by atoms with Crippen molar-refractivity contribution in [1.29, 1.82) is 0 Å². The molecule has 1 aliphatic heterocycles. The number of imidazole rings is 1. The van der Waals surface area contributed by atoms with Crippen LogP contribution in [-0.2, 0) is 30.6 Å². The van der Waals surface area contributed by atoms with Gasteiger partial charge in [-0.15, -0.1) is 0 Å². The van der Waals surface area contributed by atoms with E-state index < -0.39 is 48.8 Å². The third-order valence-electron chi connectivity index (χ3n) is 5.45. The van der Waals surface area contributed by atoms with Crippen LogP contribution < -0.4 is 15.3 Å². The lowest BCUT2D eigenvalue weighted by atomic mass is 10.1. The minimum Gasteiger partial charge on any atom is -0.462 e. The quantitative estimate of drug-likeness (QED) is 0.181. The number of carbonyl (C=O) groups is 1. The average molecular weight is 589 g/mol. The number of halogens is 2. The summed E-state index contributed by atoms with van der Waals surface area (Å²) < 4.78 is 39.6. The molecule has 1 saturated heterocycles. The molecule has 4 rings (SSSR count). The van der Waals surface area contributed by atoms with Gasteiger partial charge in [-0.1, -0.05) is 29.8 Å². The number of fused-ring (bicyclic) bond motifs is 1. The van der Waals surface area contributed by atoms with Gasteiger partial charge in [0.2, 0.25) is 0 Å². The first-order valence-electron chi connectivity index (χ1n) is 11.5. The number of nitrogen functional groups attached to an aromatic ring is 1. The summed E-state index contributed by atoms with van der Waals surface area (Å²) in [4.78, 5) is 24.4. The van der Waals surface area contributed by atoms with Gasteiger partial charge in [0.15, 0.2) is 17.7 Å². The summed E-state index contributed by atoms with van der Waals surface area (Å²) in [6, 6.07) is 7.67. The Morgan fingerprint density at radius 1 is 1.34 bits per heavy atom. The van der Waals surface area contributed by atoms with Gasteiger partial charge in [-0.2, -0.15) is 0 Å². The third kappa shape index (κ3) is 6.07. The van der Waals surface area contributed by atoms with Gasteiger partial charge in [-0.05, 0) is 44.7 Å². The van der Waals surface area contributed by atoms with Gasteiger partial charge in [0.05, 0.1) is 19.0 Å². The molecule has 0 bridgehead atoms. The first-order chi connectivity index (χ1) is 17.9. The van der Waals surface area contributed by atoms with E-state index in [0.29, 0.717) is 5.75 Å². The number of aromatic nitrogens is 4. The van der Waals surface area contributed by atoms with E-state index in [1.807, 2.05) is 0 Å². The lowest BCUT2D eigenvalue weighted by molar-refractivity contribution is -0.149. The number of aliphatic hydroxyl groups is 1. The number of para-hydroxylation sites is 1. The molecule has 4 N–H and O–H groups in total. The minimum atomic E-state index is -3.47. The Morgan fingerprint density at radius 2 is 2.05 bits per heavy atom. The number of benzene rings is 1. The van der Waals surface area contributed by atoms with E-state index in [0.717, 1.165) is 0 Å². The number of ether oxygens (including phenoxy) is 2. The van der Waals surface area contributed by atoms with Crippen molar-refractivity contribution in [2.75, 3.05) is 12.3 Å². The Labute approximate surface area is 227 Å². The lowest BCUT2D eigenvalue weighted by Gasteiger charge is -2.28. The number of nitrogens with two attached hydrogens (primary N) is 1. The van der Waals surface area contributed by atoms with E-state index in [-0.39, 0.29) is 23.1 Å². The Bertz CT molecular complexity index is 1330. The topological polar surface area (TPSA) is 156 Å². The van der Waals surface area contributed by atoms with Crippen molar-refractivity contribution in [3.05, 3.63) is 43.0 Å². The molecule has 0 spiro atoms. The highest BCUT2D eigenvalue weighted by molar-refractivity contribution is 8.09. The van der Waals surface area contributed by atoms with Crippen LogP contribution in [0, 0.1) is 0 Å². The number of anilines is 1. The fraction of sp³-hybridized carbons (Fsp3) is 0.455. The SMILES string of the molecule is CC(C)OC(=O)[C@@H](C)N[P@@](=S)(OC[C@H]1O[C@@H](n2cnc3c(N)ncnc32)[C@](F)(Cl)[C@@H]1O)Oc1ccccc1. The molecule has 0 amide bonds. The number of alkyl halides is 2. The summed E-state index contributed by atoms with van der Waals surface area (Å²) >= 11 is 11.8. The van der Waals surface area contributed by atoms with Crippen molar-refractivity contribution in [3.63, 3.8) is 0 Å². The molecule has 12 nitrogen and oxygen atoms in total. The van der Waals surface area contributed by atoms with E-state index in [1.165, 1.54) is 17.2 Å². The normalized spacial score (nSPS) is 25.8. The maximum atomic E-state index is 15.6. The molecule has 6 atom stereocenters. The van der Waals surface area contributed by atoms with Crippen LogP contribution in [0.4, 0.5) is 10.2 Å². The highest BCUT2D eigenvalue weighted by atomic mass is 35.5. The first-order valence-corrected chi connectivity index (χ1v) is 14.5. The van der Waals surface area contributed by atoms with Gasteiger partial charge >= 0.3 is 12.6 Å². The molecule has 1 aliphatic rings. The number of hydrogen-bond acceptors (Lipinski definition) is 11. The van der Waals surface area contributed by atoms with Crippen molar-refractivity contribution in [3.8, 4) is 5.75 Å². The molecule has 0 radical (unpaired) electrons. The van der Waals surface area contributed by atoms with Crippen LogP contribution in [0.15, 0.2) is 43.0 Å². The molecule has 0 saturated carbocycles. The molecule has 3 aromatic rings. The van der Waals surface area contributed by atoms with Gasteiger partial charge in [-0.3, -0.25) is 9.36 Å². The average Bonchev–Trinajstić information content (AvgIpc) is 3.37. The maximum absolute atomic E-state index is 15.6. The zero-order chi connectivity index (χ0) is 27.7. The molecule has 0 unspecified atom stereocenters. The summed E-state index contributed by atoms with van der Waals surface area (Å²) in [6.07, 6.45) is -2.58. The number of carbonyl (C=O) groups excluding carboxylic acids is 1. The standard InChI is InChI=1S/C22H27ClFN6O6PS/c1-12(2)34-20(32)13(3)29-37(38,36-14-7-5-4-6-8-14)33-9-15-17(31)22(23,24)21(35-15)30-11-28-16-18(25)26-10-27-19(16)30/h4-8,10-13,15,17,21,31H,9H2,1-3H3,(H,29,38)(H2,25,26,27)/t13-,15-,17-,21-,22+,37-/m1/s1. The van der Waals surface area contributed by atoms with Crippen LogP contribution in [0.3, 0.4) is 0 Å². The Hall–Kier alpha value is -2.45. The van der Waals surface area contributed by atoms with Crippen molar-refractivity contribution >= 4 is 53.0 Å². The van der Waals surface area contributed by atoms with Gasteiger partial charge in [0.1, 0.15) is 35.8 Å². The monoisotopic (exact) mass is 588 g/mol. The molecule has 1 aromatic carbocycles. The van der Waals surface area contributed by atoms with Gasteiger partial charge in [0, 0.05) is 0 Å². The van der Waals surface area contributed by atoms with Crippen LogP contribution >= 0.6 is 18.2 Å². The number of aliphatic hydroxyl groups excluding tert-OH is 1. The summed E-state index contributed by atoms with van der Waals surface area (Å²) in [5, 5.41) is 10.8. The van der Waals surface area contributed by atoms with Crippen molar-refractivity contribution < 1.29 is 32.8 Å². The van der Waals surface area contributed by atoms with Gasteiger partial charge in [0.25, 0.3) is 5.13 Å². The fourth-order valence-electron chi connectivity index (χ4n) is 3.65. The molecule has 0 aliphatic carbocycles. The van der Waals surface area contributed by atoms with E-state index in [4.69, 9.17) is 47.7 Å². The van der Waals surface area contributed by atoms with Crippen molar-refractivity contribution in [2.24, 2.45) is 0 Å². The Balaban J connectivity index is 1.54. The molecular weight excluding hydrogens is 562 g/mol. The molecule has 3 heterocycles. The fourth-order valence-corrected chi connectivity index (χ4v) is 6.37. The molecule has 2 aromatic heterocycles. The molecular formula is C22H27ClFN6O6PS. The van der Waals surface area contributed by atoms with Crippen molar-refractivity contribution in [2.45, 2.75) is 56.5 Å². The maximum Gasteiger partial charge on any atom is 0.323 e. The number of nitrogens with one attached hydrogen (secondary N) is 1. The predicted octanol–water partition coefficient (Wildman–Crippen LogP) is 2.82. The van der Waals surface area contributed by atoms with E-state index in [9.17, 15) is 9.90 Å². The molecule has 38 heavy (non-hydrogen) atoms. The highest BCUT2D eigenvalue weighted by Gasteiger charge is 2.58. The summed E-state index contributed by atoms with van der Waals surface area (Å²) in [6.45, 7) is 1.07. The number of esters is 1. The zero-order valence-electron chi connectivity index (χ0n) is 20.6. The van der Waals surface area contributed by atoms with E-state index in [2.05, 4.69) is 20.0 Å². The molecule has 206 valence electrons. The second-order valence-electron chi connectivity index (χ2n) is 8.76. The van der Waals surface area contributed by atoms with Gasteiger partial charge in [-0.25, -0.2) is 24.4 Å². The minimum absolute atomic E-state index is 0.0844. The lowest BCUT2D eigenvalue weighted by Crippen LogP contribution is -2.40. The second kappa shape index (κ2) is 11.3. The van der Waals surface area contributed by atoms with E-state index in [1.54, 1.807) is 51.1 Å². The van der Waals surface area contributed by atoms with Crippen molar-refractivity contribution in [1.82, 2.24) is 24.6 Å². The summed E-state index contributed by atoms with van der Waals surface area (Å²) in [7, 11) is 0. The predicted molar refractivity (Wildman–Crippen MR) is 140 cm³/mol. The number of rotatable bonds is 10. The van der Waals surface area contributed by atoms with Crippen LogP contribution in [0.2, 0.25) is 0 Å². The van der Waals surface area contributed by atoms with Gasteiger partial charge < -0.3 is 29.4 Å². The summed E-state index contributed by atoms with van der Waals surface area (Å²) in [5.74, 6) is -0.109. The van der Waals surface area contributed by atoms with Crippen LogP contribution in [-0.4, -0.2) is 66.7 Å². The van der Waals surface area contributed by atoms with Crippen LogP contribution in [0.25, 0.3) is 11.2 Å². The largest absolute Gasteiger partial charge is 0.462 e. The first kappa shape index (κ1) is 28.6. The third-order valence-corrected chi connectivity index (χ3v) is 8.36. The Kier molecular flexibility index (Phi) is 8.52. The zero-order valence-corrected chi connectivity index (χ0v) is 23.1. The van der Waals surface area contributed by atoms with Crippen LogP contribution in [0.1, 0.15) is 27.0 Å². The number of hydrogen-bond donors (Lipinski definition) is 3. The second-order valence-corrected chi connectivity index (χ2v) is 12.5.